The zero-order valence-corrected chi connectivity index (χ0v) is 11.3. The van der Waals surface area contributed by atoms with E-state index in [0.29, 0.717) is 18.3 Å². The maximum atomic E-state index is 11.3. The van der Waals surface area contributed by atoms with Gasteiger partial charge in [0, 0.05) is 13.2 Å². The summed E-state index contributed by atoms with van der Waals surface area (Å²) in [6.45, 7) is 2.32. The molecule has 0 amide bonds. The van der Waals surface area contributed by atoms with Gasteiger partial charge < -0.3 is 14.2 Å². The molecule has 4 nitrogen and oxygen atoms in total. The maximum absolute atomic E-state index is 11.3. The Hall–Kier alpha value is -1.39. The van der Waals surface area contributed by atoms with Gasteiger partial charge in [0.05, 0.1) is 25.4 Å². The Kier molecular flexibility index (Phi) is 5.36. The van der Waals surface area contributed by atoms with Crippen molar-refractivity contribution >= 4 is 5.97 Å². The SMILES string of the molecule is COC(=O)c1ccc(CCOC2CCOCC2)cc1. The van der Waals surface area contributed by atoms with E-state index in [1.54, 1.807) is 12.1 Å². The lowest BCUT2D eigenvalue weighted by Crippen LogP contribution is -2.24. The van der Waals surface area contributed by atoms with Crippen molar-refractivity contribution in [3.05, 3.63) is 35.4 Å². The molecule has 1 aromatic rings. The highest BCUT2D eigenvalue weighted by molar-refractivity contribution is 5.89. The quantitative estimate of drug-likeness (QED) is 0.765. The van der Waals surface area contributed by atoms with E-state index in [1.165, 1.54) is 12.7 Å². The number of benzene rings is 1. The number of carbonyl (C=O) groups excluding carboxylic acids is 1. The second-order valence-corrected chi connectivity index (χ2v) is 4.62. The molecule has 0 spiro atoms. The van der Waals surface area contributed by atoms with E-state index in [4.69, 9.17) is 9.47 Å². The molecule has 1 aliphatic rings. The zero-order chi connectivity index (χ0) is 13.5. The van der Waals surface area contributed by atoms with Gasteiger partial charge in [-0.15, -0.1) is 0 Å². The second-order valence-electron chi connectivity index (χ2n) is 4.62. The first-order valence-electron chi connectivity index (χ1n) is 6.66. The van der Waals surface area contributed by atoms with E-state index in [9.17, 15) is 4.79 Å². The number of hydrogen-bond donors (Lipinski definition) is 0. The molecule has 0 unspecified atom stereocenters. The van der Waals surface area contributed by atoms with Gasteiger partial charge in [0.15, 0.2) is 0 Å². The molecule has 0 bridgehead atoms. The number of hydrogen-bond acceptors (Lipinski definition) is 4. The molecule has 104 valence electrons. The van der Waals surface area contributed by atoms with Crippen LogP contribution in [0.5, 0.6) is 0 Å². The fourth-order valence-electron chi connectivity index (χ4n) is 2.11. The van der Waals surface area contributed by atoms with E-state index >= 15 is 0 Å². The van der Waals surface area contributed by atoms with E-state index in [2.05, 4.69) is 4.74 Å². The summed E-state index contributed by atoms with van der Waals surface area (Å²) in [4.78, 5) is 11.3. The molecule has 1 heterocycles. The van der Waals surface area contributed by atoms with Crippen molar-refractivity contribution in [2.75, 3.05) is 26.9 Å². The molecule has 1 saturated heterocycles. The van der Waals surface area contributed by atoms with Crippen molar-refractivity contribution < 1.29 is 19.0 Å². The highest BCUT2D eigenvalue weighted by Gasteiger charge is 2.13. The minimum atomic E-state index is -0.301. The third-order valence-electron chi connectivity index (χ3n) is 3.29. The van der Waals surface area contributed by atoms with Gasteiger partial charge in [0.2, 0.25) is 0 Å². The summed E-state index contributed by atoms with van der Waals surface area (Å²) < 4.78 is 15.8. The lowest BCUT2D eigenvalue weighted by molar-refractivity contribution is -0.0307. The van der Waals surface area contributed by atoms with Crippen LogP contribution >= 0.6 is 0 Å². The maximum Gasteiger partial charge on any atom is 0.337 e. The van der Waals surface area contributed by atoms with Crippen LogP contribution in [0.2, 0.25) is 0 Å². The van der Waals surface area contributed by atoms with Crippen LogP contribution in [-0.2, 0) is 20.6 Å². The van der Waals surface area contributed by atoms with Gasteiger partial charge in [-0.3, -0.25) is 0 Å². The summed E-state index contributed by atoms with van der Waals surface area (Å²) in [5, 5.41) is 0. The number of esters is 1. The highest BCUT2D eigenvalue weighted by Crippen LogP contribution is 2.12. The first-order valence-corrected chi connectivity index (χ1v) is 6.66. The van der Waals surface area contributed by atoms with Crippen LogP contribution in [0.15, 0.2) is 24.3 Å². The van der Waals surface area contributed by atoms with E-state index in [1.807, 2.05) is 12.1 Å². The Balaban J connectivity index is 1.75. The molecular weight excluding hydrogens is 244 g/mol. The molecule has 1 aliphatic heterocycles. The van der Waals surface area contributed by atoms with Gasteiger partial charge in [-0.25, -0.2) is 4.79 Å². The normalized spacial score (nSPS) is 16.3. The Morgan fingerprint density at radius 3 is 2.58 bits per heavy atom. The molecule has 0 aliphatic carbocycles. The topological polar surface area (TPSA) is 44.8 Å². The lowest BCUT2D eigenvalue weighted by atomic mass is 10.1. The number of rotatable bonds is 5. The first kappa shape index (κ1) is 14.0. The van der Waals surface area contributed by atoms with Crippen LogP contribution in [0, 0.1) is 0 Å². The van der Waals surface area contributed by atoms with Crippen molar-refractivity contribution in [3.63, 3.8) is 0 Å². The molecule has 0 saturated carbocycles. The first-order chi connectivity index (χ1) is 9.29. The minimum Gasteiger partial charge on any atom is -0.465 e. The standard InChI is InChI=1S/C15H20O4/c1-17-15(16)13-4-2-12(3-5-13)6-11-19-14-7-9-18-10-8-14/h2-5,14H,6-11H2,1H3. The van der Waals surface area contributed by atoms with Crippen LogP contribution < -0.4 is 0 Å². The summed E-state index contributed by atoms with van der Waals surface area (Å²) in [5.74, 6) is -0.301. The molecule has 4 heteroatoms. The summed E-state index contributed by atoms with van der Waals surface area (Å²) in [5.41, 5.74) is 1.75. The van der Waals surface area contributed by atoms with Crippen LogP contribution in [0.25, 0.3) is 0 Å². The predicted molar refractivity (Wildman–Crippen MR) is 71.3 cm³/mol. The number of carbonyl (C=O) groups is 1. The van der Waals surface area contributed by atoms with E-state index < -0.39 is 0 Å². The van der Waals surface area contributed by atoms with E-state index in [0.717, 1.165) is 32.5 Å². The second kappa shape index (κ2) is 7.26. The van der Waals surface area contributed by atoms with E-state index in [-0.39, 0.29) is 5.97 Å². The molecule has 0 atom stereocenters. The number of methoxy groups -OCH3 is 1. The Bertz CT molecular complexity index is 393. The molecular formula is C15H20O4. The molecule has 2 rings (SSSR count). The minimum absolute atomic E-state index is 0.301. The summed E-state index contributed by atoms with van der Waals surface area (Å²) in [6, 6.07) is 7.46. The molecule has 0 aromatic heterocycles. The van der Waals surface area contributed by atoms with Gasteiger partial charge in [-0.1, -0.05) is 12.1 Å². The Morgan fingerprint density at radius 1 is 1.26 bits per heavy atom. The summed E-state index contributed by atoms with van der Waals surface area (Å²) in [7, 11) is 1.39. The van der Waals surface area contributed by atoms with Crippen molar-refractivity contribution in [3.8, 4) is 0 Å². The van der Waals surface area contributed by atoms with Crippen molar-refractivity contribution in [2.24, 2.45) is 0 Å². The average molecular weight is 264 g/mol. The van der Waals surface area contributed by atoms with Gasteiger partial charge >= 0.3 is 5.97 Å². The fraction of sp³-hybridized carbons (Fsp3) is 0.533. The predicted octanol–water partition coefficient (Wildman–Crippen LogP) is 2.21. The molecule has 0 radical (unpaired) electrons. The lowest BCUT2D eigenvalue weighted by Gasteiger charge is -2.22. The Labute approximate surface area is 113 Å². The average Bonchev–Trinajstić information content (AvgIpc) is 2.48. The van der Waals surface area contributed by atoms with Crippen LogP contribution in [0.1, 0.15) is 28.8 Å². The molecule has 1 aromatic carbocycles. The van der Waals surface area contributed by atoms with Gasteiger partial charge in [0.1, 0.15) is 0 Å². The Morgan fingerprint density at radius 2 is 1.95 bits per heavy atom. The highest BCUT2D eigenvalue weighted by atomic mass is 16.5. The van der Waals surface area contributed by atoms with Gasteiger partial charge in [0.25, 0.3) is 0 Å². The monoisotopic (exact) mass is 264 g/mol. The zero-order valence-electron chi connectivity index (χ0n) is 11.3. The van der Waals surface area contributed by atoms with Crippen molar-refractivity contribution in [1.82, 2.24) is 0 Å². The molecule has 0 N–H and O–H groups in total. The molecule has 1 fully saturated rings. The molecule has 19 heavy (non-hydrogen) atoms. The van der Waals surface area contributed by atoms with Gasteiger partial charge in [-0.05, 0) is 37.0 Å². The third kappa shape index (κ3) is 4.33. The summed E-state index contributed by atoms with van der Waals surface area (Å²) >= 11 is 0. The van der Waals surface area contributed by atoms with Crippen LogP contribution in [0.4, 0.5) is 0 Å². The largest absolute Gasteiger partial charge is 0.465 e. The smallest absolute Gasteiger partial charge is 0.337 e. The van der Waals surface area contributed by atoms with Gasteiger partial charge in [-0.2, -0.15) is 0 Å². The van der Waals surface area contributed by atoms with Crippen molar-refractivity contribution in [1.29, 1.82) is 0 Å². The number of ether oxygens (including phenoxy) is 3. The van der Waals surface area contributed by atoms with Crippen molar-refractivity contribution in [2.45, 2.75) is 25.4 Å². The fourth-order valence-corrected chi connectivity index (χ4v) is 2.11. The van der Waals surface area contributed by atoms with Crippen LogP contribution in [-0.4, -0.2) is 39.0 Å². The summed E-state index contributed by atoms with van der Waals surface area (Å²) in [6.07, 6.45) is 3.17. The van der Waals surface area contributed by atoms with Crippen LogP contribution in [0.3, 0.4) is 0 Å². The third-order valence-corrected chi connectivity index (χ3v) is 3.29.